The number of fused-ring (bicyclic) bond motifs is 1. The number of benzene rings is 1. The van der Waals surface area contributed by atoms with Gasteiger partial charge in [-0.25, -0.2) is 18.7 Å². The Hall–Kier alpha value is -3.36. The first-order chi connectivity index (χ1) is 13.9. The number of rotatable bonds is 4. The minimum Gasteiger partial charge on any atom is -0.494 e. The van der Waals surface area contributed by atoms with Crippen LogP contribution in [0.3, 0.4) is 0 Å². The van der Waals surface area contributed by atoms with Crippen LogP contribution < -0.4 is 15.0 Å². The molecule has 0 aliphatic carbocycles. The number of hydrogen-bond acceptors (Lipinski definition) is 5. The fraction of sp³-hybridized carbons (Fsp3) is 0.350. The molecule has 3 heterocycles. The molecule has 9 heteroatoms. The predicted molar refractivity (Wildman–Crippen MR) is 106 cm³/mol. The van der Waals surface area contributed by atoms with Crippen molar-refractivity contribution in [3.63, 3.8) is 0 Å². The fourth-order valence-electron chi connectivity index (χ4n) is 3.88. The first kappa shape index (κ1) is 19.0. The summed E-state index contributed by atoms with van der Waals surface area (Å²) in [5, 5.41) is 16.1. The molecule has 3 aromatic rings. The fourth-order valence-corrected chi connectivity index (χ4v) is 3.88. The predicted octanol–water partition coefficient (Wildman–Crippen LogP) is 3.01. The molecule has 1 aliphatic heterocycles. The largest absolute Gasteiger partial charge is 0.494 e. The number of aromatic nitrogens is 3. The average molecular weight is 399 g/mol. The molecule has 8 nitrogen and oxygen atoms in total. The lowest BCUT2D eigenvalue weighted by Gasteiger charge is -2.20. The van der Waals surface area contributed by atoms with Gasteiger partial charge < -0.3 is 20.1 Å². The third-order valence-electron chi connectivity index (χ3n) is 5.14. The maximum Gasteiger partial charge on any atom is 0.404 e. The van der Waals surface area contributed by atoms with Crippen molar-refractivity contribution in [2.24, 2.45) is 0 Å². The standard InChI is InChI=1S/C20H22FN5O3/c1-11-8-16(25-7-6-14(10-25)23-20(27)28)19-22-12(2)18(26(19)24-11)13-4-5-17(29-3)15(21)9-13/h4-5,8-9,14,23H,6-7,10H2,1-3H3,(H,27,28). The Bertz CT molecular complexity index is 1100. The molecular weight excluding hydrogens is 377 g/mol. The van der Waals surface area contributed by atoms with Gasteiger partial charge in [-0.1, -0.05) is 0 Å². The van der Waals surface area contributed by atoms with Gasteiger partial charge in [0, 0.05) is 18.7 Å². The second kappa shape index (κ2) is 7.23. The molecule has 29 heavy (non-hydrogen) atoms. The molecule has 1 aliphatic rings. The number of carboxylic acid groups (broad SMARTS) is 1. The zero-order valence-electron chi connectivity index (χ0n) is 16.4. The molecule has 1 aromatic carbocycles. The van der Waals surface area contributed by atoms with Gasteiger partial charge in [0.25, 0.3) is 0 Å². The molecule has 2 aromatic heterocycles. The molecular formula is C20H22FN5O3. The molecule has 1 saturated heterocycles. The summed E-state index contributed by atoms with van der Waals surface area (Å²) in [5.74, 6) is -0.270. The summed E-state index contributed by atoms with van der Waals surface area (Å²) in [4.78, 5) is 17.8. The number of methoxy groups -OCH3 is 1. The Morgan fingerprint density at radius 3 is 2.83 bits per heavy atom. The van der Waals surface area contributed by atoms with Gasteiger partial charge in [0.1, 0.15) is 0 Å². The molecule has 0 spiro atoms. The number of imidazole rings is 1. The first-order valence-corrected chi connectivity index (χ1v) is 9.32. The smallest absolute Gasteiger partial charge is 0.404 e. The number of amides is 1. The van der Waals surface area contributed by atoms with Crippen molar-refractivity contribution in [2.75, 3.05) is 25.1 Å². The number of carbonyl (C=O) groups is 1. The molecule has 0 saturated carbocycles. The Balaban J connectivity index is 1.79. The zero-order chi connectivity index (χ0) is 20.7. The number of nitrogens with one attached hydrogen (secondary N) is 1. The molecule has 0 radical (unpaired) electrons. The van der Waals surface area contributed by atoms with Crippen LogP contribution in [-0.4, -0.2) is 52.0 Å². The van der Waals surface area contributed by atoms with Crippen LogP contribution >= 0.6 is 0 Å². The van der Waals surface area contributed by atoms with Crippen molar-refractivity contribution in [3.05, 3.63) is 41.5 Å². The summed E-state index contributed by atoms with van der Waals surface area (Å²) in [7, 11) is 1.43. The summed E-state index contributed by atoms with van der Waals surface area (Å²) in [6, 6.07) is 6.60. The zero-order valence-corrected chi connectivity index (χ0v) is 16.4. The van der Waals surface area contributed by atoms with E-state index in [1.165, 1.54) is 13.2 Å². The van der Waals surface area contributed by atoms with E-state index in [2.05, 4.69) is 15.3 Å². The lowest BCUT2D eigenvalue weighted by molar-refractivity contribution is 0.191. The lowest BCUT2D eigenvalue weighted by Crippen LogP contribution is -2.36. The normalized spacial score (nSPS) is 16.4. The molecule has 1 atom stereocenters. The van der Waals surface area contributed by atoms with Crippen LogP contribution in [0.5, 0.6) is 5.75 Å². The van der Waals surface area contributed by atoms with Crippen molar-refractivity contribution in [2.45, 2.75) is 26.3 Å². The maximum absolute atomic E-state index is 14.3. The summed E-state index contributed by atoms with van der Waals surface area (Å²) in [6.45, 7) is 5.02. The van der Waals surface area contributed by atoms with Crippen LogP contribution in [0.15, 0.2) is 24.3 Å². The molecule has 1 unspecified atom stereocenters. The van der Waals surface area contributed by atoms with Gasteiger partial charge in [0.2, 0.25) is 0 Å². The Morgan fingerprint density at radius 1 is 1.34 bits per heavy atom. The number of ether oxygens (including phenoxy) is 1. The molecule has 4 rings (SSSR count). The van der Waals surface area contributed by atoms with E-state index >= 15 is 0 Å². The number of hydrogen-bond donors (Lipinski definition) is 2. The third kappa shape index (κ3) is 3.43. The average Bonchev–Trinajstić information content (AvgIpc) is 3.24. The van der Waals surface area contributed by atoms with Gasteiger partial charge in [-0.2, -0.15) is 5.10 Å². The highest BCUT2D eigenvalue weighted by molar-refractivity contribution is 5.76. The minimum absolute atomic E-state index is 0.132. The van der Waals surface area contributed by atoms with Crippen LogP contribution in [-0.2, 0) is 0 Å². The monoisotopic (exact) mass is 399 g/mol. The van der Waals surface area contributed by atoms with Crippen LogP contribution in [0.4, 0.5) is 14.9 Å². The van der Waals surface area contributed by atoms with E-state index in [-0.39, 0.29) is 11.8 Å². The van der Waals surface area contributed by atoms with E-state index in [0.29, 0.717) is 30.0 Å². The minimum atomic E-state index is -1.02. The van der Waals surface area contributed by atoms with Crippen molar-refractivity contribution in [1.29, 1.82) is 0 Å². The second-order valence-electron chi connectivity index (χ2n) is 7.18. The molecule has 2 N–H and O–H groups in total. The van der Waals surface area contributed by atoms with Gasteiger partial charge >= 0.3 is 6.09 Å². The quantitative estimate of drug-likeness (QED) is 0.701. The van der Waals surface area contributed by atoms with E-state index in [1.54, 1.807) is 16.6 Å². The van der Waals surface area contributed by atoms with Gasteiger partial charge in [-0.15, -0.1) is 0 Å². The Morgan fingerprint density at radius 2 is 2.14 bits per heavy atom. The van der Waals surface area contributed by atoms with E-state index < -0.39 is 11.9 Å². The van der Waals surface area contributed by atoms with E-state index in [1.807, 2.05) is 19.9 Å². The van der Waals surface area contributed by atoms with E-state index in [9.17, 15) is 9.18 Å². The topological polar surface area (TPSA) is 92.0 Å². The van der Waals surface area contributed by atoms with Crippen LogP contribution in [0, 0.1) is 19.7 Å². The second-order valence-corrected chi connectivity index (χ2v) is 7.18. The summed E-state index contributed by atoms with van der Waals surface area (Å²) in [6.07, 6.45) is -0.302. The molecule has 0 bridgehead atoms. The highest BCUT2D eigenvalue weighted by Gasteiger charge is 2.27. The third-order valence-corrected chi connectivity index (χ3v) is 5.14. The number of aryl methyl sites for hydroxylation is 2. The Labute approximate surface area is 166 Å². The number of halogens is 1. The van der Waals surface area contributed by atoms with Crippen LogP contribution in [0.2, 0.25) is 0 Å². The molecule has 1 fully saturated rings. The summed E-state index contributed by atoms with van der Waals surface area (Å²) in [5.41, 5.74) is 4.43. The van der Waals surface area contributed by atoms with Gasteiger partial charge in [0.15, 0.2) is 17.2 Å². The van der Waals surface area contributed by atoms with Crippen LogP contribution in [0.25, 0.3) is 16.9 Å². The number of anilines is 1. The Kier molecular flexibility index (Phi) is 4.73. The van der Waals surface area contributed by atoms with E-state index in [4.69, 9.17) is 14.8 Å². The lowest BCUT2D eigenvalue weighted by atomic mass is 10.1. The number of nitrogens with zero attached hydrogens (tertiary/aromatic N) is 4. The molecule has 1 amide bonds. The van der Waals surface area contributed by atoms with Crippen molar-refractivity contribution in [3.8, 4) is 17.0 Å². The van der Waals surface area contributed by atoms with Gasteiger partial charge in [0.05, 0.1) is 35.9 Å². The first-order valence-electron chi connectivity index (χ1n) is 9.32. The highest BCUT2D eigenvalue weighted by Crippen LogP contribution is 2.32. The SMILES string of the molecule is COc1ccc(-c2c(C)nc3c(N4CCC(NC(=O)O)C4)cc(C)nn23)cc1F. The maximum atomic E-state index is 14.3. The van der Waals surface area contributed by atoms with Crippen molar-refractivity contribution >= 4 is 17.4 Å². The summed E-state index contributed by atoms with van der Waals surface area (Å²) >= 11 is 0. The van der Waals surface area contributed by atoms with Gasteiger partial charge in [-0.05, 0) is 44.5 Å². The van der Waals surface area contributed by atoms with Crippen LogP contribution in [0.1, 0.15) is 17.8 Å². The van der Waals surface area contributed by atoms with E-state index in [0.717, 1.165) is 23.5 Å². The van der Waals surface area contributed by atoms with Crippen molar-refractivity contribution < 1.29 is 19.0 Å². The molecule has 152 valence electrons. The van der Waals surface area contributed by atoms with Gasteiger partial charge in [-0.3, -0.25) is 0 Å². The summed E-state index contributed by atoms with van der Waals surface area (Å²) < 4.78 is 21.0. The van der Waals surface area contributed by atoms with Crippen molar-refractivity contribution in [1.82, 2.24) is 19.9 Å². The highest BCUT2D eigenvalue weighted by atomic mass is 19.1.